The maximum Gasteiger partial charge on any atom is 0.417 e. The van der Waals surface area contributed by atoms with E-state index in [0.29, 0.717) is 41.6 Å². The smallest absolute Gasteiger partial charge is 0.417 e. The van der Waals surface area contributed by atoms with Gasteiger partial charge >= 0.3 is 12.1 Å². The summed E-state index contributed by atoms with van der Waals surface area (Å²) in [6, 6.07) is 9.24. The van der Waals surface area contributed by atoms with Gasteiger partial charge in [0.1, 0.15) is 6.10 Å². The standard InChI is InChI=1S/C37H55F3O3/c1-24(11-10-14-31(33(2,3)4)43-32(41)25-12-8-7-9-13-25)28-17-18-29-27-16-15-26-23-36(42,37(38,39)40)22-21-34(26,5)30(27)19-20-35(28,29)6/h7-9,12-13,24,26-31,42H,10-11,14-23H2,1-6H3/t24-,26-,27-,28-,29-,30-,31-,34-,35+,36-/m0/s1. The topological polar surface area (TPSA) is 46.5 Å². The van der Waals surface area contributed by atoms with Crippen molar-refractivity contribution in [1.82, 2.24) is 0 Å². The molecule has 0 amide bonds. The van der Waals surface area contributed by atoms with Crippen LogP contribution in [0.1, 0.15) is 129 Å². The highest BCUT2D eigenvalue weighted by Crippen LogP contribution is 2.69. The monoisotopic (exact) mass is 604 g/mol. The van der Waals surface area contributed by atoms with E-state index in [-0.39, 0.29) is 47.1 Å². The number of benzene rings is 1. The maximum atomic E-state index is 13.7. The molecule has 0 aromatic heterocycles. The Morgan fingerprint density at radius 2 is 1.60 bits per heavy atom. The first-order chi connectivity index (χ1) is 20.0. The van der Waals surface area contributed by atoms with E-state index in [1.807, 2.05) is 18.2 Å². The Labute approximate surface area is 257 Å². The van der Waals surface area contributed by atoms with Crippen molar-refractivity contribution in [3.05, 3.63) is 35.9 Å². The number of rotatable bonds is 7. The number of hydrogen-bond acceptors (Lipinski definition) is 3. The largest absolute Gasteiger partial charge is 0.458 e. The number of alkyl halides is 3. The molecule has 0 bridgehead atoms. The van der Waals surface area contributed by atoms with Gasteiger partial charge in [-0.25, -0.2) is 4.79 Å². The van der Waals surface area contributed by atoms with Crippen molar-refractivity contribution in [1.29, 1.82) is 0 Å². The van der Waals surface area contributed by atoms with Crippen molar-refractivity contribution in [3.8, 4) is 0 Å². The fraction of sp³-hybridized carbons (Fsp3) is 0.811. The van der Waals surface area contributed by atoms with Gasteiger partial charge in [0, 0.05) is 0 Å². The highest BCUT2D eigenvalue weighted by Gasteiger charge is 2.65. The molecule has 4 saturated carbocycles. The molecule has 6 heteroatoms. The molecule has 4 fully saturated rings. The third-order valence-corrected chi connectivity index (χ3v) is 13.4. The summed E-state index contributed by atoms with van der Waals surface area (Å²) in [5, 5.41) is 10.5. The second-order valence-electron chi connectivity index (χ2n) is 16.7. The number of ether oxygens (including phenoxy) is 1. The average molecular weight is 605 g/mol. The minimum Gasteiger partial charge on any atom is -0.458 e. The molecule has 10 atom stereocenters. The van der Waals surface area contributed by atoms with Crippen LogP contribution < -0.4 is 0 Å². The van der Waals surface area contributed by atoms with Gasteiger partial charge in [-0.2, -0.15) is 13.2 Å². The molecular weight excluding hydrogens is 549 g/mol. The Kier molecular flexibility index (Phi) is 8.90. The molecule has 5 rings (SSSR count). The van der Waals surface area contributed by atoms with Gasteiger partial charge < -0.3 is 9.84 Å². The summed E-state index contributed by atoms with van der Waals surface area (Å²) in [6.45, 7) is 13.6. The van der Waals surface area contributed by atoms with Crippen LogP contribution in [0.4, 0.5) is 13.2 Å². The Bertz CT molecular complexity index is 1130. The summed E-state index contributed by atoms with van der Waals surface area (Å²) in [6.07, 6.45) is 5.12. The molecule has 0 unspecified atom stereocenters. The van der Waals surface area contributed by atoms with Gasteiger partial charge in [-0.05, 0) is 135 Å². The molecule has 1 aromatic carbocycles. The lowest BCUT2D eigenvalue weighted by molar-refractivity contribution is -0.290. The van der Waals surface area contributed by atoms with Gasteiger partial charge in [-0.1, -0.05) is 66.2 Å². The van der Waals surface area contributed by atoms with E-state index in [2.05, 4.69) is 41.5 Å². The summed E-state index contributed by atoms with van der Waals surface area (Å²) in [5.74, 6) is 2.67. The molecule has 43 heavy (non-hydrogen) atoms. The van der Waals surface area contributed by atoms with Crippen LogP contribution in [0.5, 0.6) is 0 Å². The van der Waals surface area contributed by atoms with E-state index in [9.17, 15) is 23.1 Å². The number of esters is 1. The number of carbonyl (C=O) groups is 1. The molecule has 4 aliphatic rings. The van der Waals surface area contributed by atoms with Gasteiger partial charge in [0.05, 0.1) is 5.56 Å². The number of fused-ring (bicyclic) bond motifs is 5. The highest BCUT2D eigenvalue weighted by molar-refractivity contribution is 5.89. The minimum atomic E-state index is -4.54. The first-order valence-corrected chi connectivity index (χ1v) is 17.0. The minimum absolute atomic E-state index is 0.0404. The van der Waals surface area contributed by atoms with Crippen LogP contribution in [0.15, 0.2) is 30.3 Å². The van der Waals surface area contributed by atoms with Crippen LogP contribution >= 0.6 is 0 Å². The van der Waals surface area contributed by atoms with Crippen molar-refractivity contribution < 1.29 is 27.8 Å². The van der Waals surface area contributed by atoms with Gasteiger partial charge in [-0.3, -0.25) is 0 Å². The Hall–Kier alpha value is -1.56. The van der Waals surface area contributed by atoms with Crippen molar-refractivity contribution in [3.63, 3.8) is 0 Å². The SMILES string of the molecule is C[C@@H](CCC[C@H](OC(=O)c1ccccc1)C(C)(C)C)[C@@H]1CC[C@H]2[C@@H]3CC[C@H]4C[C@](O)(C(F)(F)F)CC[C@]4(C)[C@H]3CC[C@@]21C. The molecular formula is C37H55F3O3. The second-order valence-corrected chi connectivity index (χ2v) is 16.7. The average Bonchev–Trinajstić information content (AvgIpc) is 3.29. The van der Waals surface area contributed by atoms with E-state index >= 15 is 0 Å². The van der Waals surface area contributed by atoms with Crippen molar-refractivity contribution in [2.45, 2.75) is 136 Å². The van der Waals surface area contributed by atoms with Crippen LogP contribution in [0.3, 0.4) is 0 Å². The van der Waals surface area contributed by atoms with Crippen LogP contribution in [0.25, 0.3) is 0 Å². The maximum absolute atomic E-state index is 13.7. The van der Waals surface area contributed by atoms with E-state index in [4.69, 9.17) is 4.74 Å². The number of aliphatic hydroxyl groups is 1. The van der Waals surface area contributed by atoms with Crippen LogP contribution in [-0.4, -0.2) is 29.0 Å². The number of carbonyl (C=O) groups excluding carboxylic acids is 1. The Morgan fingerprint density at radius 3 is 2.26 bits per heavy atom. The van der Waals surface area contributed by atoms with E-state index in [1.54, 1.807) is 12.1 Å². The number of hydrogen-bond donors (Lipinski definition) is 1. The fourth-order valence-corrected chi connectivity index (χ4v) is 10.7. The van der Waals surface area contributed by atoms with Gasteiger partial charge in [0.2, 0.25) is 0 Å². The lowest BCUT2D eigenvalue weighted by Crippen LogP contribution is -2.59. The zero-order valence-electron chi connectivity index (χ0n) is 27.3. The van der Waals surface area contributed by atoms with Gasteiger partial charge in [0.15, 0.2) is 5.60 Å². The predicted molar refractivity (Wildman–Crippen MR) is 164 cm³/mol. The molecule has 0 spiro atoms. The molecule has 1 aromatic rings. The highest BCUT2D eigenvalue weighted by atomic mass is 19.4. The zero-order chi connectivity index (χ0) is 31.4. The number of halogens is 3. The van der Waals surface area contributed by atoms with E-state index < -0.39 is 11.8 Å². The van der Waals surface area contributed by atoms with Gasteiger partial charge in [-0.15, -0.1) is 0 Å². The summed E-state index contributed by atoms with van der Waals surface area (Å²) >= 11 is 0. The van der Waals surface area contributed by atoms with Gasteiger partial charge in [0.25, 0.3) is 0 Å². The second kappa shape index (κ2) is 11.7. The van der Waals surface area contributed by atoms with E-state index in [0.717, 1.165) is 38.5 Å². The molecule has 4 aliphatic carbocycles. The summed E-state index contributed by atoms with van der Waals surface area (Å²) < 4.78 is 47.2. The third kappa shape index (κ3) is 6.04. The first kappa shape index (κ1) is 32.8. The third-order valence-electron chi connectivity index (χ3n) is 13.4. The lowest BCUT2D eigenvalue weighted by Gasteiger charge is -2.62. The summed E-state index contributed by atoms with van der Waals surface area (Å²) in [7, 11) is 0. The molecule has 0 aliphatic heterocycles. The predicted octanol–water partition coefficient (Wildman–Crippen LogP) is 10.0. The van der Waals surface area contributed by atoms with Crippen molar-refractivity contribution in [2.24, 2.45) is 51.8 Å². The molecule has 1 N–H and O–H groups in total. The quantitative estimate of drug-likeness (QED) is 0.315. The van der Waals surface area contributed by atoms with Crippen LogP contribution in [0.2, 0.25) is 0 Å². The first-order valence-electron chi connectivity index (χ1n) is 17.0. The Balaban J connectivity index is 1.20. The summed E-state index contributed by atoms with van der Waals surface area (Å²) in [4.78, 5) is 12.8. The molecule has 0 heterocycles. The Morgan fingerprint density at radius 1 is 0.930 bits per heavy atom. The van der Waals surface area contributed by atoms with Crippen molar-refractivity contribution >= 4 is 5.97 Å². The molecule has 242 valence electrons. The lowest BCUT2D eigenvalue weighted by atomic mass is 9.43. The normalized spacial score (nSPS) is 39.3. The molecule has 0 radical (unpaired) electrons. The van der Waals surface area contributed by atoms with Crippen LogP contribution in [0, 0.1) is 51.8 Å². The fourth-order valence-electron chi connectivity index (χ4n) is 10.7. The summed E-state index contributed by atoms with van der Waals surface area (Å²) in [5.41, 5.74) is -1.86. The molecule has 3 nitrogen and oxygen atoms in total. The zero-order valence-corrected chi connectivity index (χ0v) is 27.3. The van der Waals surface area contributed by atoms with Crippen LogP contribution in [-0.2, 0) is 4.74 Å². The molecule has 0 saturated heterocycles. The van der Waals surface area contributed by atoms with E-state index in [1.165, 1.54) is 19.3 Å². The van der Waals surface area contributed by atoms with Crippen molar-refractivity contribution in [2.75, 3.05) is 0 Å².